The number of unbranched alkanes of at least 4 members (excludes halogenated alkanes) is 1. The van der Waals surface area contributed by atoms with E-state index in [2.05, 4.69) is 37.9 Å². The first-order valence-corrected chi connectivity index (χ1v) is 7.24. The van der Waals surface area contributed by atoms with E-state index in [1.807, 2.05) is 0 Å². The van der Waals surface area contributed by atoms with E-state index in [0.717, 1.165) is 12.6 Å². The van der Waals surface area contributed by atoms with Crippen molar-refractivity contribution in [2.75, 3.05) is 26.2 Å². The first-order chi connectivity index (χ1) is 7.79. The Kier molecular flexibility index (Phi) is 11.3. The molecule has 0 radical (unpaired) electrons. The van der Waals surface area contributed by atoms with E-state index < -0.39 is 0 Å². The molecule has 1 N–H and O–H groups in total. The number of hydrogen-bond donors (Lipinski definition) is 1. The standard InChI is InChI=1S/C14H32N2/c1-5-9-12-16(8-4)14(10-6-2)13-15-11-7-3/h14-15H,5-13H2,1-4H3. The summed E-state index contributed by atoms with van der Waals surface area (Å²) in [5.41, 5.74) is 0. The van der Waals surface area contributed by atoms with Crippen molar-refractivity contribution >= 4 is 0 Å². The average molecular weight is 228 g/mol. The minimum Gasteiger partial charge on any atom is -0.315 e. The predicted octanol–water partition coefficient (Wildman–Crippen LogP) is 3.28. The van der Waals surface area contributed by atoms with Crippen molar-refractivity contribution in [2.24, 2.45) is 0 Å². The molecule has 0 heterocycles. The first kappa shape index (κ1) is 15.9. The van der Waals surface area contributed by atoms with Crippen molar-refractivity contribution < 1.29 is 0 Å². The number of hydrogen-bond acceptors (Lipinski definition) is 2. The molecule has 0 saturated heterocycles. The fourth-order valence-corrected chi connectivity index (χ4v) is 2.15. The number of likely N-dealkylation sites (N-methyl/N-ethyl adjacent to an activating group) is 1. The summed E-state index contributed by atoms with van der Waals surface area (Å²) in [6.07, 6.45) is 6.49. The molecule has 0 aromatic rings. The lowest BCUT2D eigenvalue weighted by molar-refractivity contribution is 0.188. The van der Waals surface area contributed by atoms with Crippen LogP contribution in [0.25, 0.3) is 0 Å². The lowest BCUT2D eigenvalue weighted by Gasteiger charge is -2.31. The third-order valence-corrected chi connectivity index (χ3v) is 3.15. The fraction of sp³-hybridized carbons (Fsp3) is 1.00. The molecular formula is C14H32N2. The summed E-state index contributed by atoms with van der Waals surface area (Å²) in [6, 6.07) is 0.744. The molecule has 2 heteroatoms. The Morgan fingerprint density at radius 1 is 1.00 bits per heavy atom. The maximum Gasteiger partial charge on any atom is 0.0220 e. The summed E-state index contributed by atoms with van der Waals surface area (Å²) in [5.74, 6) is 0. The normalized spacial score (nSPS) is 13.3. The lowest BCUT2D eigenvalue weighted by atomic mass is 10.1. The topological polar surface area (TPSA) is 15.3 Å². The lowest BCUT2D eigenvalue weighted by Crippen LogP contribution is -2.43. The van der Waals surface area contributed by atoms with Gasteiger partial charge < -0.3 is 5.32 Å². The first-order valence-electron chi connectivity index (χ1n) is 7.24. The third-order valence-electron chi connectivity index (χ3n) is 3.15. The summed E-state index contributed by atoms with van der Waals surface area (Å²) < 4.78 is 0. The summed E-state index contributed by atoms with van der Waals surface area (Å²) in [4.78, 5) is 2.65. The Labute approximate surface area is 103 Å². The second-order valence-corrected chi connectivity index (χ2v) is 4.63. The summed E-state index contributed by atoms with van der Waals surface area (Å²) in [6.45, 7) is 13.9. The quantitative estimate of drug-likeness (QED) is 0.546. The van der Waals surface area contributed by atoms with Crippen LogP contribution in [0.15, 0.2) is 0 Å². The molecule has 0 amide bonds. The van der Waals surface area contributed by atoms with Crippen LogP contribution in [0, 0.1) is 0 Å². The highest BCUT2D eigenvalue weighted by atomic mass is 15.2. The smallest absolute Gasteiger partial charge is 0.0220 e. The molecule has 1 atom stereocenters. The molecule has 0 aliphatic carbocycles. The Balaban J connectivity index is 4.00. The molecule has 1 unspecified atom stereocenters. The molecular weight excluding hydrogens is 196 g/mol. The molecule has 0 spiro atoms. The van der Waals surface area contributed by atoms with E-state index in [-0.39, 0.29) is 0 Å². The summed E-state index contributed by atoms with van der Waals surface area (Å²) in [5, 5.41) is 3.57. The fourth-order valence-electron chi connectivity index (χ4n) is 2.15. The SMILES string of the molecule is CCCCN(CC)C(CCC)CNCCC. The Hall–Kier alpha value is -0.0800. The zero-order valence-electron chi connectivity index (χ0n) is 11.9. The van der Waals surface area contributed by atoms with Crippen molar-refractivity contribution in [2.45, 2.75) is 65.8 Å². The van der Waals surface area contributed by atoms with E-state index in [1.165, 1.54) is 51.7 Å². The van der Waals surface area contributed by atoms with Gasteiger partial charge in [-0.05, 0) is 38.9 Å². The van der Waals surface area contributed by atoms with Gasteiger partial charge in [-0.25, -0.2) is 0 Å². The summed E-state index contributed by atoms with van der Waals surface area (Å²) >= 11 is 0. The largest absolute Gasteiger partial charge is 0.315 e. The Morgan fingerprint density at radius 3 is 2.25 bits per heavy atom. The molecule has 2 nitrogen and oxygen atoms in total. The monoisotopic (exact) mass is 228 g/mol. The minimum atomic E-state index is 0.744. The van der Waals surface area contributed by atoms with Crippen LogP contribution in [0.1, 0.15) is 59.8 Å². The van der Waals surface area contributed by atoms with E-state index >= 15 is 0 Å². The van der Waals surface area contributed by atoms with Gasteiger partial charge in [0.1, 0.15) is 0 Å². The van der Waals surface area contributed by atoms with Crippen LogP contribution in [-0.2, 0) is 0 Å². The highest BCUT2D eigenvalue weighted by Crippen LogP contribution is 2.08. The van der Waals surface area contributed by atoms with Crippen molar-refractivity contribution in [3.8, 4) is 0 Å². The molecule has 0 bridgehead atoms. The van der Waals surface area contributed by atoms with Crippen molar-refractivity contribution in [1.29, 1.82) is 0 Å². The molecule has 98 valence electrons. The van der Waals surface area contributed by atoms with Crippen LogP contribution >= 0.6 is 0 Å². The minimum absolute atomic E-state index is 0.744. The molecule has 0 saturated carbocycles. The molecule has 0 aliphatic heterocycles. The Bertz CT molecular complexity index is 137. The van der Waals surface area contributed by atoms with Gasteiger partial charge in [0, 0.05) is 12.6 Å². The van der Waals surface area contributed by atoms with Crippen molar-refractivity contribution in [1.82, 2.24) is 10.2 Å². The maximum absolute atomic E-state index is 3.57. The average Bonchev–Trinajstić information content (AvgIpc) is 2.30. The molecule has 16 heavy (non-hydrogen) atoms. The van der Waals surface area contributed by atoms with Gasteiger partial charge in [-0.1, -0.05) is 40.5 Å². The van der Waals surface area contributed by atoms with Gasteiger partial charge in [0.2, 0.25) is 0 Å². The van der Waals surface area contributed by atoms with Gasteiger partial charge in [0.25, 0.3) is 0 Å². The molecule has 0 fully saturated rings. The van der Waals surface area contributed by atoms with Gasteiger partial charge in [-0.2, -0.15) is 0 Å². The van der Waals surface area contributed by atoms with Crippen LogP contribution in [0.3, 0.4) is 0 Å². The van der Waals surface area contributed by atoms with E-state index in [9.17, 15) is 0 Å². The van der Waals surface area contributed by atoms with Crippen LogP contribution in [0.2, 0.25) is 0 Å². The van der Waals surface area contributed by atoms with Crippen LogP contribution in [-0.4, -0.2) is 37.1 Å². The second kappa shape index (κ2) is 11.4. The molecule has 0 aromatic carbocycles. The van der Waals surface area contributed by atoms with Crippen LogP contribution in [0.5, 0.6) is 0 Å². The molecule has 0 rings (SSSR count). The van der Waals surface area contributed by atoms with Crippen molar-refractivity contribution in [3.63, 3.8) is 0 Å². The summed E-state index contributed by atoms with van der Waals surface area (Å²) in [7, 11) is 0. The molecule has 0 aliphatic rings. The third kappa shape index (κ3) is 7.24. The molecule has 0 aromatic heterocycles. The van der Waals surface area contributed by atoms with Gasteiger partial charge in [-0.15, -0.1) is 0 Å². The second-order valence-electron chi connectivity index (χ2n) is 4.63. The van der Waals surface area contributed by atoms with Gasteiger partial charge in [-0.3, -0.25) is 4.90 Å². The Morgan fingerprint density at radius 2 is 1.75 bits per heavy atom. The van der Waals surface area contributed by atoms with Gasteiger partial charge >= 0.3 is 0 Å². The maximum atomic E-state index is 3.57. The number of rotatable bonds is 11. The van der Waals surface area contributed by atoms with Crippen LogP contribution in [0.4, 0.5) is 0 Å². The van der Waals surface area contributed by atoms with Gasteiger partial charge in [0.15, 0.2) is 0 Å². The van der Waals surface area contributed by atoms with Crippen LogP contribution < -0.4 is 5.32 Å². The van der Waals surface area contributed by atoms with Gasteiger partial charge in [0.05, 0.1) is 0 Å². The zero-order valence-corrected chi connectivity index (χ0v) is 11.9. The van der Waals surface area contributed by atoms with Crippen molar-refractivity contribution in [3.05, 3.63) is 0 Å². The highest BCUT2D eigenvalue weighted by Gasteiger charge is 2.14. The zero-order chi connectivity index (χ0) is 12.2. The van der Waals surface area contributed by atoms with E-state index in [1.54, 1.807) is 0 Å². The number of nitrogens with zero attached hydrogens (tertiary/aromatic N) is 1. The highest BCUT2D eigenvalue weighted by molar-refractivity contribution is 4.73. The van der Waals surface area contributed by atoms with E-state index in [4.69, 9.17) is 0 Å². The number of nitrogens with one attached hydrogen (secondary N) is 1. The van der Waals surface area contributed by atoms with E-state index in [0.29, 0.717) is 0 Å². The predicted molar refractivity (Wildman–Crippen MR) is 74.0 cm³/mol.